The lowest BCUT2D eigenvalue weighted by atomic mass is 10.1. The predicted molar refractivity (Wildman–Crippen MR) is 76.5 cm³/mol. The van der Waals surface area contributed by atoms with Crippen LogP contribution in [-0.2, 0) is 11.3 Å². The second-order valence-electron chi connectivity index (χ2n) is 5.94. The van der Waals surface area contributed by atoms with Crippen molar-refractivity contribution in [3.05, 3.63) is 5.69 Å². The summed E-state index contributed by atoms with van der Waals surface area (Å²) in [6.45, 7) is 5.75. The summed E-state index contributed by atoms with van der Waals surface area (Å²) in [6.07, 6.45) is 3.89. The number of aryl methyl sites for hydroxylation is 2. The van der Waals surface area contributed by atoms with E-state index in [0.29, 0.717) is 24.0 Å². The number of nitrogens with zero attached hydrogens (tertiary/aromatic N) is 4. The van der Waals surface area contributed by atoms with E-state index in [2.05, 4.69) is 21.6 Å². The van der Waals surface area contributed by atoms with Crippen LogP contribution in [0.25, 0.3) is 11.2 Å². The summed E-state index contributed by atoms with van der Waals surface area (Å²) in [7, 11) is 0. The van der Waals surface area contributed by atoms with Crippen molar-refractivity contribution in [2.24, 2.45) is 5.92 Å². The minimum atomic E-state index is 0.301. The fourth-order valence-corrected chi connectivity index (χ4v) is 3.50. The van der Waals surface area contributed by atoms with Gasteiger partial charge in [0.2, 0.25) is 5.95 Å². The Balaban J connectivity index is 1.87. The summed E-state index contributed by atoms with van der Waals surface area (Å²) in [6, 6.07) is 0.314. The number of hydrogen-bond acceptors (Lipinski definition) is 4. The Bertz CT molecular complexity index is 654. The van der Waals surface area contributed by atoms with Gasteiger partial charge >= 0.3 is 0 Å². The Morgan fingerprint density at radius 3 is 2.85 bits per heavy atom. The third-order valence-corrected chi connectivity index (χ3v) is 4.59. The van der Waals surface area contributed by atoms with Crippen LogP contribution in [0.15, 0.2) is 0 Å². The molecule has 2 aromatic rings. The molecule has 2 fully saturated rings. The molecule has 2 aliphatic rings. The molecule has 1 saturated heterocycles. The van der Waals surface area contributed by atoms with E-state index in [1.807, 2.05) is 11.6 Å². The summed E-state index contributed by atoms with van der Waals surface area (Å²) in [5, 5.41) is 4.56. The molecule has 2 atom stereocenters. The molecule has 0 aromatic carbocycles. The fourth-order valence-electron chi connectivity index (χ4n) is 3.50. The molecule has 6 heteroatoms. The summed E-state index contributed by atoms with van der Waals surface area (Å²) in [5.74, 6) is 1.31. The molecule has 2 unspecified atom stereocenters. The van der Waals surface area contributed by atoms with Crippen LogP contribution in [0.5, 0.6) is 0 Å². The van der Waals surface area contributed by atoms with E-state index in [1.54, 1.807) is 0 Å². The van der Waals surface area contributed by atoms with Gasteiger partial charge in [-0.3, -0.25) is 4.57 Å². The first-order valence-electron chi connectivity index (χ1n) is 7.53. The van der Waals surface area contributed by atoms with Gasteiger partial charge in [0.05, 0.1) is 17.8 Å². The molecule has 0 bridgehead atoms. The fraction of sp³-hybridized carbons (Fsp3) is 0.714. The normalized spacial score (nSPS) is 26.7. The molecule has 20 heavy (non-hydrogen) atoms. The molecule has 1 aliphatic carbocycles. The van der Waals surface area contributed by atoms with Crippen molar-refractivity contribution in [3.63, 3.8) is 0 Å². The zero-order valence-corrected chi connectivity index (χ0v) is 12.0. The highest BCUT2D eigenvalue weighted by molar-refractivity contribution is 5.77. The van der Waals surface area contributed by atoms with E-state index in [4.69, 9.17) is 10.5 Å². The second kappa shape index (κ2) is 4.22. The van der Waals surface area contributed by atoms with Crippen LogP contribution in [0.2, 0.25) is 0 Å². The van der Waals surface area contributed by atoms with E-state index >= 15 is 0 Å². The molecule has 0 spiro atoms. The third-order valence-electron chi connectivity index (χ3n) is 4.59. The maximum absolute atomic E-state index is 6.21. The van der Waals surface area contributed by atoms with Gasteiger partial charge in [-0.15, -0.1) is 0 Å². The molecular weight excluding hydrogens is 254 g/mol. The average Bonchev–Trinajstić information content (AvgIpc) is 2.95. The van der Waals surface area contributed by atoms with Crippen molar-refractivity contribution in [2.45, 2.75) is 51.8 Å². The second-order valence-corrected chi connectivity index (χ2v) is 5.94. The molecule has 3 heterocycles. The molecule has 4 rings (SSSR count). The Labute approximate surface area is 117 Å². The minimum absolute atomic E-state index is 0.301. The molecule has 2 aromatic heterocycles. The molecule has 2 N–H and O–H groups in total. The van der Waals surface area contributed by atoms with E-state index in [9.17, 15) is 0 Å². The van der Waals surface area contributed by atoms with Crippen LogP contribution in [-0.4, -0.2) is 32.0 Å². The summed E-state index contributed by atoms with van der Waals surface area (Å²) in [5.41, 5.74) is 9.16. The van der Waals surface area contributed by atoms with Crippen LogP contribution >= 0.6 is 0 Å². The SMILES string of the molecule is CCn1nc(C)c2nc(N)n(C3CCOC3C3CC3)c21. The van der Waals surface area contributed by atoms with Crippen molar-refractivity contribution in [1.82, 2.24) is 19.3 Å². The predicted octanol–water partition coefficient (Wildman–Crippen LogP) is 1.88. The number of anilines is 1. The number of fused-ring (bicyclic) bond motifs is 1. The van der Waals surface area contributed by atoms with Crippen molar-refractivity contribution in [2.75, 3.05) is 12.3 Å². The first-order valence-corrected chi connectivity index (χ1v) is 7.53. The maximum Gasteiger partial charge on any atom is 0.202 e. The van der Waals surface area contributed by atoms with Gasteiger partial charge in [-0.25, -0.2) is 9.67 Å². The summed E-state index contributed by atoms with van der Waals surface area (Å²) >= 11 is 0. The summed E-state index contributed by atoms with van der Waals surface area (Å²) in [4.78, 5) is 4.54. The highest BCUT2D eigenvalue weighted by Crippen LogP contribution is 2.45. The van der Waals surface area contributed by atoms with Gasteiger partial charge in [0.15, 0.2) is 5.65 Å². The zero-order valence-electron chi connectivity index (χ0n) is 12.0. The number of hydrogen-bond donors (Lipinski definition) is 1. The number of imidazole rings is 1. The van der Waals surface area contributed by atoms with Gasteiger partial charge in [-0.1, -0.05) is 0 Å². The van der Waals surface area contributed by atoms with Gasteiger partial charge in [0.25, 0.3) is 0 Å². The molecular formula is C14H21N5O. The lowest BCUT2D eigenvalue weighted by molar-refractivity contribution is 0.0760. The van der Waals surface area contributed by atoms with E-state index in [1.165, 1.54) is 12.8 Å². The van der Waals surface area contributed by atoms with Gasteiger partial charge in [-0.05, 0) is 39.0 Å². The number of ether oxygens (including phenoxy) is 1. The van der Waals surface area contributed by atoms with E-state index in [-0.39, 0.29) is 0 Å². The Morgan fingerprint density at radius 2 is 2.15 bits per heavy atom. The molecule has 6 nitrogen and oxygen atoms in total. The van der Waals surface area contributed by atoms with Crippen molar-refractivity contribution in [3.8, 4) is 0 Å². The lowest BCUT2D eigenvalue weighted by Gasteiger charge is -2.21. The number of nitrogen functional groups attached to an aromatic ring is 1. The lowest BCUT2D eigenvalue weighted by Crippen LogP contribution is -2.24. The zero-order chi connectivity index (χ0) is 13.9. The van der Waals surface area contributed by atoms with Gasteiger partial charge < -0.3 is 10.5 Å². The summed E-state index contributed by atoms with van der Waals surface area (Å²) < 4.78 is 10.1. The molecule has 108 valence electrons. The number of nitrogens with two attached hydrogens (primary N) is 1. The highest BCUT2D eigenvalue weighted by Gasteiger charge is 2.43. The maximum atomic E-state index is 6.21. The quantitative estimate of drug-likeness (QED) is 0.928. The van der Waals surface area contributed by atoms with Crippen LogP contribution in [0.4, 0.5) is 5.95 Å². The molecule has 0 amide bonds. The van der Waals surface area contributed by atoms with Gasteiger partial charge in [-0.2, -0.15) is 5.10 Å². The Kier molecular flexibility index (Phi) is 2.57. The molecule has 1 saturated carbocycles. The first-order chi connectivity index (χ1) is 9.70. The standard InChI is InChI=1S/C14H21N5O/c1-3-18-13-11(8(2)17-18)16-14(15)19(13)10-6-7-20-12(10)9-4-5-9/h9-10,12H,3-7H2,1-2H3,(H2,15,16). The molecule has 1 aliphatic heterocycles. The van der Waals surface area contributed by atoms with E-state index in [0.717, 1.165) is 36.4 Å². The van der Waals surface area contributed by atoms with Crippen molar-refractivity contribution >= 4 is 17.1 Å². The van der Waals surface area contributed by atoms with Crippen LogP contribution in [0.3, 0.4) is 0 Å². The molecule has 0 radical (unpaired) electrons. The smallest absolute Gasteiger partial charge is 0.202 e. The van der Waals surface area contributed by atoms with Gasteiger partial charge in [0, 0.05) is 13.2 Å². The van der Waals surface area contributed by atoms with Crippen LogP contribution in [0, 0.1) is 12.8 Å². The number of aromatic nitrogens is 4. The minimum Gasteiger partial charge on any atom is -0.376 e. The monoisotopic (exact) mass is 275 g/mol. The van der Waals surface area contributed by atoms with Gasteiger partial charge in [0.1, 0.15) is 5.52 Å². The largest absolute Gasteiger partial charge is 0.376 e. The van der Waals surface area contributed by atoms with Crippen LogP contribution < -0.4 is 5.73 Å². The van der Waals surface area contributed by atoms with Crippen molar-refractivity contribution in [1.29, 1.82) is 0 Å². The average molecular weight is 275 g/mol. The Hall–Kier alpha value is -1.56. The first kappa shape index (κ1) is 12.2. The van der Waals surface area contributed by atoms with E-state index < -0.39 is 0 Å². The third kappa shape index (κ3) is 1.60. The van der Waals surface area contributed by atoms with Crippen molar-refractivity contribution < 1.29 is 4.74 Å². The highest BCUT2D eigenvalue weighted by atomic mass is 16.5. The topological polar surface area (TPSA) is 70.9 Å². The Morgan fingerprint density at radius 1 is 1.35 bits per heavy atom. The van der Waals surface area contributed by atoms with Crippen LogP contribution in [0.1, 0.15) is 37.9 Å². The number of rotatable bonds is 3.